The summed E-state index contributed by atoms with van der Waals surface area (Å²) < 4.78 is 0. The number of nitrogens with one attached hydrogen (secondary N) is 1. The van der Waals surface area contributed by atoms with E-state index in [0.717, 1.165) is 12.3 Å². The first-order chi connectivity index (χ1) is 8.15. The van der Waals surface area contributed by atoms with E-state index in [0.29, 0.717) is 5.92 Å². The standard InChI is InChI=1S/C16H21N/c1-5-12-11(4)14-9(2)8-10(3)15(14)16-13(12)6-7-17-16/h6-7,9-10,17H,5,8H2,1-4H3. The van der Waals surface area contributed by atoms with E-state index in [-0.39, 0.29) is 0 Å². The Labute approximate surface area is 103 Å². The third-order valence-electron chi connectivity index (χ3n) is 4.53. The number of hydrogen-bond acceptors (Lipinski definition) is 0. The van der Waals surface area contributed by atoms with E-state index in [2.05, 4.69) is 44.9 Å². The van der Waals surface area contributed by atoms with Crippen molar-refractivity contribution in [3.8, 4) is 0 Å². The lowest BCUT2D eigenvalue weighted by Crippen LogP contribution is -1.99. The zero-order chi connectivity index (χ0) is 12.2. The molecule has 2 unspecified atom stereocenters. The molecule has 1 aromatic carbocycles. The second kappa shape index (κ2) is 3.63. The number of benzene rings is 1. The summed E-state index contributed by atoms with van der Waals surface area (Å²) in [5.74, 6) is 1.42. The smallest absolute Gasteiger partial charge is 0.0495 e. The quantitative estimate of drug-likeness (QED) is 0.730. The van der Waals surface area contributed by atoms with Gasteiger partial charge in [-0.3, -0.25) is 0 Å². The van der Waals surface area contributed by atoms with Crippen LogP contribution in [0.3, 0.4) is 0 Å². The highest BCUT2D eigenvalue weighted by Crippen LogP contribution is 2.47. The van der Waals surface area contributed by atoms with Crippen LogP contribution in [0.4, 0.5) is 0 Å². The molecule has 0 aliphatic heterocycles. The second-order valence-electron chi connectivity index (χ2n) is 5.59. The van der Waals surface area contributed by atoms with Crippen LogP contribution >= 0.6 is 0 Å². The molecule has 1 aromatic heterocycles. The lowest BCUT2D eigenvalue weighted by Gasteiger charge is -2.16. The maximum Gasteiger partial charge on any atom is 0.0495 e. The minimum Gasteiger partial charge on any atom is -0.361 e. The Hall–Kier alpha value is -1.24. The van der Waals surface area contributed by atoms with E-state index in [1.165, 1.54) is 17.3 Å². The number of aromatic amines is 1. The van der Waals surface area contributed by atoms with Gasteiger partial charge in [-0.15, -0.1) is 0 Å². The minimum atomic E-state index is 0.700. The largest absolute Gasteiger partial charge is 0.361 e. The van der Waals surface area contributed by atoms with Gasteiger partial charge in [-0.25, -0.2) is 0 Å². The van der Waals surface area contributed by atoms with Gasteiger partial charge in [0.25, 0.3) is 0 Å². The van der Waals surface area contributed by atoms with Gasteiger partial charge in [0.15, 0.2) is 0 Å². The monoisotopic (exact) mass is 227 g/mol. The SMILES string of the molecule is CCc1c(C)c2c(c3[nH]ccc13)C(C)CC2C. The minimum absolute atomic E-state index is 0.700. The maximum atomic E-state index is 3.47. The molecule has 2 aromatic rings. The van der Waals surface area contributed by atoms with E-state index < -0.39 is 0 Å². The molecule has 0 spiro atoms. The fraction of sp³-hybridized carbons (Fsp3) is 0.500. The maximum absolute atomic E-state index is 3.47. The van der Waals surface area contributed by atoms with Gasteiger partial charge in [-0.05, 0) is 59.9 Å². The molecule has 0 saturated heterocycles. The average molecular weight is 227 g/mol. The van der Waals surface area contributed by atoms with Crippen molar-refractivity contribution in [3.05, 3.63) is 34.5 Å². The molecule has 17 heavy (non-hydrogen) atoms. The summed E-state index contributed by atoms with van der Waals surface area (Å²) in [7, 11) is 0. The fourth-order valence-corrected chi connectivity index (χ4v) is 3.91. The first-order valence-electron chi connectivity index (χ1n) is 6.77. The first-order valence-corrected chi connectivity index (χ1v) is 6.77. The van der Waals surface area contributed by atoms with Crippen molar-refractivity contribution in [2.24, 2.45) is 0 Å². The molecule has 1 N–H and O–H groups in total. The van der Waals surface area contributed by atoms with E-state index in [1.54, 1.807) is 22.3 Å². The van der Waals surface area contributed by atoms with Crippen LogP contribution in [0.25, 0.3) is 10.9 Å². The summed E-state index contributed by atoms with van der Waals surface area (Å²) >= 11 is 0. The van der Waals surface area contributed by atoms with Crippen LogP contribution in [0.1, 0.15) is 61.3 Å². The van der Waals surface area contributed by atoms with Gasteiger partial charge < -0.3 is 4.98 Å². The van der Waals surface area contributed by atoms with Crippen molar-refractivity contribution in [3.63, 3.8) is 0 Å². The highest BCUT2D eigenvalue weighted by molar-refractivity contribution is 5.89. The van der Waals surface area contributed by atoms with Crippen LogP contribution in [-0.2, 0) is 6.42 Å². The average Bonchev–Trinajstić information content (AvgIpc) is 2.84. The number of aryl methyl sites for hydroxylation is 1. The van der Waals surface area contributed by atoms with Crippen LogP contribution in [0.5, 0.6) is 0 Å². The van der Waals surface area contributed by atoms with Crippen molar-refractivity contribution in [1.29, 1.82) is 0 Å². The summed E-state index contributed by atoms with van der Waals surface area (Å²) in [5, 5.41) is 1.45. The Morgan fingerprint density at radius 3 is 2.65 bits per heavy atom. The molecule has 1 heteroatoms. The summed E-state index contributed by atoms with van der Waals surface area (Å²) in [5.41, 5.74) is 7.71. The van der Waals surface area contributed by atoms with E-state index >= 15 is 0 Å². The predicted octanol–water partition coefficient (Wildman–Crippen LogP) is 4.65. The van der Waals surface area contributed by atoms with Gasteiger partial charge in [0.2, 0.25) is 0 Å². The molecule has 0 radical (unpaired) electrons. The molecule has 3 rings (SSSR count). The Balaban J connectivity index is 2.46. The summed E-state index contributed by atoms with van der Waals surface area (Å²) in [6, 6.07) is 2.25. The highest BCUT2D eigenvalue weighted by Gasteiger charge is 2.30. The second-order valence-corrected chi connectivity index (χ2v) is 5.59. The molecule has 0 bridgehead atoms. The molecule has 90 valence electrons. The Morgan fingerprint density at radius 1 is 1.24 bits per heavy atom. The molecule has 0 fully saturated rings. The molecule has 1 aliphatic carbocycles. The molecule has 0 saturated carbocycles. The number of fused-ring (bicyclic) bond motifs is 3. The van der Waals surface area contributed by atoms with Gasteiger partial charge in [0, 0.05) is 17.1 Å². The lowest BCUT2D eigenvalue weighted by molar-refractivity contribution is 0.661. The van der Waals surface area contributed by atoms with Gasteiger partial charge in [-0.2, -0.15) is 0 Å². The van der Waals surface area contributed by atoms with Gasteiger partial charge >= 0.3 is 0 Å². The summed E-state index contributed by atoms with van der Waals surface area (Å²) in [6.07, 6.45) is 4.53. The third kappa shape index (κ3) is 1.31. The number of hydrogen-bond donors (Lipinski definition) is 1. The summed E-state index contributed by atoms with van der Waals surface area (Å²) in [6.45, 7) is 9.33. The summed E-state index contributed by atoms with van der Waals surface area (Å²) in [4.78, 5) is 3.47. The first kappa shape index (κ1) is 10.9. The molecule has 1 aliphatic rings. The predicted molar refractivity (Wildman–Crippen MR) is 73.9 cm³/mol. The number of rotatable bonds is 1. The Morgan fingerprint density at radius 2 is 1.94 bits per heavy atom. The van der Waals surface area contributed by atoms with Crippen molar-refractivity contribution >= 4 is 10.9 Å². The van der Waals surface area contributed by atoms with E-state index in [4.69, 9.17) is 0 Å². The molecular formula is C16H21N. The zero-order valence-corrected chi connectivity index (χ0v) is 11.2. The van der Waals surface area contributed by atoms with Crippen LogP contribution in [0.15, 0.2) is 12.3 Å². The fourth-order valence-electron chi connectivity index (χ4n) is 3.91. The van der Waals surface area contributed by atoms with Crippen LogP contribution in [-0.4, -0.2) is 4.98 Å². The van der Waals surface area contributed by atoms with Crippen molar-refractivity contribution < 1.29 is 0 Å². The highest BCUT2D eigenvalue weighted by atomic mass is 14.7. The third-order valence-corrected chi connectivity index (χ3v) is 4.53. The topological polar surface area (TPSA) is 15.8 Å². The van der Waals surface area contributed by atoms with Crippen molar-refractivity contribution in [2.75, 3.05) is 0 Å². The van der Waals surface area contributed by atoms with Crippen LogP contribution in [0, 0.1) is 6.92 Å². The van der Waals surface area contributed by atoms with Crippen LogP contribution in [0.2, 0.25) is 0 Å². The lowest BCUT2D eigenvalue weighted by atomic mass is 9.89. The Bertz CT molecular complexity index is 577. The number of aromatic nitrogens is 1. The zero-order valence-electron chi connectivity index (χ0n) is 11.2. The van der Waals surface area contributed by atoms with E-state index in [9.17, 15) is 0 Å². The van der Waals surface area contributed by atoms with Crippen molar-refractivity contribution in [1.82, 2.24) is 4.98 Å². The molecule has 1 heterocycles. The van der Waals surface area contributed by atoms with Gasteiger partial charge in [0.1, 0.15) is 0 Å². The van der Waals surface area contributed by atoms with E-state index in [1.807, 2.05) is 0 Å². The molecule has 2 atom stereocenters. The number of H-pyrrole nitrogens is 1. The Kier molecular flexibility index (Phi) is 2.32. The van der Waals surface area contributed by atoms with Crippen LogP contribution < -0.4 is 0 Å². The molecule has 0 amide bonds. The normalized spacial score (nSPS) is 23.3. The van der Waals surface area contributed by atoms with Gasteiger partial charge in [0.05, 0.1) is 0 Å². The van der Waals surface area contributed by atoms with Gasteiger partial charge in [-0.1, -0.05) is 20.8 Å². The molecule has 1 nitrogen and oxygen atoms in total. The van der Waals surface area contributed by atoms with Crippen molar-refractivity contribution in [2.45, 2.75) is 52.4 Å². The molecular weight excluding hydrogens is 206 g/mol.